The number of benzene rings is 8. The Balaban J connectivity index is 0.986. The fourth-order valence-corrected chi connectivity index (χ4v) is 11.0. The van der Waals surface area contributed by atoms with E-state index in [2.05, 4.69) is 243 Å². The summed E-state index contributed by atoms with van der Waals surface area (Å²) in [7, 11) is 0. The van der Waals surface area contributed by atoms with Gasteiger partial charge in [-0.1, -0.05) is 155 Å². The number of para-hydroxylation sites is 2. The lowest BCUT2D eigenvalue weighted by Crippen LogP contribution is -2.16. The van der Waals surface area contributed by atoms with Crippen molar-refractivity contribution in [2.75, 3.05) is 4.90 Å². The molecular formula is C61H48N2. The molecule has 63 heavy (non-hydrogen) atoms. The predicted octanol–water partition coefficient (Wildman–Crippen LogP) is 16.5. The van der Waals surface area contributed by atoms with E-state index in [0.29, 0.717) is 0 Å². The molecule has 3 aliphatic rings. The second-order valence-corrected chi connectivity index (χ2v) is 18.5. The molecule has 2 heteroatoms. The summed E-state index contributed by atoms with van der Waals surface area (Å²) in [6.45, 7) is 9.58. The average Bonchev–Trinajstić information content (AvgIpc) is 3.70. The standard InChI is InChI=1S/C61H48N2/c1-60(2)54-28-13-7-12-26-48(54)50-36-52-53-37-51-49-27-14-15-29-55(49)61(3,4)57(51)39-59(53)63(58(52)38-56(50)60)47-25-17-20-43(35-47)42-19-16-18-41(34-42)40-30-32-46(33-31-40)62(44-21-8-5-9-22-44)45-23-10-6-11-24-45/h5-25,27-39H,26H2,1-4H3. The zero-order chi connectivity index (χ0) is 42.5. The number of hydrogen-bond acceptors (Lipinski definition) is 1. The molecule has 0 aliphatic heterocycles. The highest BCUT2D eigenvalue weighted by atomic mass is 15.1. The van der Waals surface area contributed by atoms with Crippen molar-refractivity contribution in [3.63, 3.8) is 0 Å². The first kappa shape index (κ1) is 37.4. The number of hydrogen-bond donors (Lipinski definition) is 0. The molecule has 2 nitrogen and oxygen atoms in total. The Morgan fingerprint density at radius 1 is 0.429 bits per heavy atom. The Morgan fingerprint density at radius 2 is 1.00 bits per heavy atom. The zero-order valence-electron chi connectivity index (χ0n) is 36.2. The van der Waals surface area contributed by atoms with Crippen molar-refractivity contribution in [3.05, 3.63) is 234 Å². The van der Waals surface area contributed by atoms with Crippen LogP contribution in [-0.4, -0.2) is 4.57 Å². The van der Waals surface area contributed by atoms with Crippen LogP contribution in [-0.2, 0) is 10.8 Å². The first-order valence-electron chi connectivity index (χ1n) is 22.3. The zero-order valence-corrected chi connectivity index (χ0v) is 36.2. The number of fused-ring (bicyclic) bond motifs is 8. The normalized spacial score (nSPS) is 15.3. The lowest BCUT2D eigenvalue weighted by molar-refractivity contribution is 0.654. The predicted molar refractivity (Wildman–Crippen MR) is 267 cm³/mol. The molecule has 0 saturated carbocycles. The maximum absolute atomic E-state index is 2.55. The average molecular weight is 809 g/mol. The number of aromatic nitrogens is 1. The summed E-state index contributed by atoms with van der Waals surface area (Å²) in [5, 5.41) is 2.61. The minimum absolute atomic E-state index is 0.104. The Kier molecular flexibility index (Phi) is 8.33. The summed E-state index contributed by atoms with van der Waals surface area (Å²) >= 11 is 0. The minimum atomic E-state index is -0.105. The second kappa shape index (κ2) is 14.1. The highest BCUT2D eigenvalue weighted by Gasteiger charge is 2.39. The van der Waals surface area contributed by atoms with Gasteiger partial charge in [0, 0.05) is 44.4 Å². The maximum Gasteiger partial charge on any atom is 0.0544 e. The van der Waals surface area contributed by atoms with E-state index in [1.165, 1.54) is 94.3 Å². The lowest BCUT2D eigenvalue weighted by Gasteiger charge is -2.25. The lowest BCUT2D eigenvalue weighted by atomic mass is 9.80. The number of rotatable bonds is 6. The second-order valence-electron chi connectivity index (χ2n) is 18.5. The molecule has 3 aliphatic carbocycles. The molecule has 0 atom stereocenters. The van der Waals surface area contributed by atoms with Crippen LogP contribution in [0.2, 0.25) is 0 Å². The van der Waals surface area contributed by atoms with Crippen LogP contribution < -0.4 is 4.90 Å². The van der Waals surface area contributed by atoms with Crippen molar-refractivity contribution in [2.45, 2.75) is 44.9 Å². The molecule has 0 saturated heterocycles. The van der Waals surface area contributed by atoms with Crippen LogP contribution in [0.15, 0.2) is 212 Å². The largest absolute Gasteiger partial charge is 0.311 e. The number of nitrogens with zero attached hydrogens (tertiary/aromatic N) is 2. The molecule has 0 unspecified atom stereocenters. The fraction of sp³-hybridized carbons (Fsp3) is 0.115. The van der Waals surface area contributed by atoms with Crippen LogP contribution in [0.5, 0.6) is 0 Å². The molecule has 0 N–H and O–H groups in total. The van der Waals surface area contributed by atoms with Gasteiger partial charge >= 0.3 is 0 Å². The molecule has 302 valence electrons. The van der Waals surface area contributed by atoms with Crippen LogP contribution in [0.1, 0.15) is 56.4 Å². The molecule has 8 aromatic carbocycles. The van der Waals surface area contributed by atoms with Gasteiger partial charge in [-0.25, -0.2) is 0 Å². The van der Waals surface area contributed by atoms with Gasteiger partial charge in [-0.05, 0) is 152 Å². The molecular weight excluding hydrogens is 761 g/mol. The number of allylic oxidation sites excluding steroid dienone is 6. The third-order valence-corrected chi connectivity index (χ3v) is 14.2. The van der Waals surface area contributed by atoms with Crippen LogP contribution in [0, 0.1) is 0 Å². The molecule has 0 amide bonds. The minimum Gasteiger partial charge on any atom is -0.311 e. The summed E-state index contributed by atoms with van der Waals surface area (Å²) < 4.78 is 2.55. The van der Waals surface area contributed by atoms with E-state index >= 15 is 0 Å². The topological polar surface area (TPSA) is 8.17 Å². The van der Waals surface area contributed by atoms with Gasteiger partial charge in [-0.15, -0.1) is 0 Å². The van der Waals surface area contributed by atoms with E-state index in [4.69, 9.17) is 0 Å². The summed E-state index contributed by atoms with van der Waals surface area (Å²) in [6, 6.07) is 67.4. The van der Waals surface area contributed by atoms with Gasteiger partial charge < -0.3 is 9.47 Å². The van der Waals surface area contributed by atoms with Crippen molar-refractivity contribution in [3.8, 4) is 39.1 Å². The smallest absolute Gasteiger partial charge is 0.0544 e. The van der Waals surface area contributed by atoms with Gasteiger partial charge in [-0.3, -0.25) is 0 Å². The molecule has 0 bridgehead atoms. The summed E-state index contributed by atoms with van der Waals surface area (Å²) in [5.41, 5.74) is 22.8. The Morgan fingerprint density at radius 3 is 1.70 bits per heavy atom. The molecule has 1 heterocycles. The van der Waals surface area contributed by atoms with E-state index in [9.17, 15) is 0 Å². The third kappa shape index (κ3) is 5.78. The molecule has 0 radical (unpaired) electrons. The third-order valence-electron chi connectivity index (χ3n) is 14.2. The first-order chi connectivity index (χ1) is 30.8. The monoisotopic (exact) mass is 808 g/mol. The maximum atomic E-state index is 2.55. The molecule has 12 rings (SSSR count). The van der Waals surface area contributed by atoms with Gasteiger partial charge in [-0.2, -0.15) is 0 Å². The molecule has 0 fully saturated rings. The van der Waals surface area contributed by atoms with Crippen LogP contribution >= 0.6 is 0 Å². The van der Waals surface area contributed by atoms with Crippen molar-refractivity contribution in [1.29, 1.82) is 0 Å². The first-order valence-corrected chi connectivity index (χ1v) is 22.3. The summed E-state index contributed by atoms with van der Waals surface area (Å²) in [6.07, 6.45) is 10.0. The van der Waals surface area contributed by atoms with Crippen molar-refractivity contribution < 1.29 is 0 Å². The van der Waals surface area contributed by atoms with E-state index in [1.54, 1.807) is 0 Å². The summed E-state index contributed by atoms with van der Waals surface area (Å²) in [5.74, 6) is 0. The Bertz CT molecular complexity index is 3350. The van der Waals surface area contributed by atoms with E-state index in [1.807, 2.05) is 0 Å². The Hall–Kier alpha value is -7.42. The van der Waals surface area contributed by atoms with Gasteiger partial charge in [0.15, 0.2) is 0 Å². The van der Waals surface area contributed by atoms with Crippen molar-refractivity contribution in [2.24, 2.45) is 0 Å². The molecule has 9 aromatic rings. The van der Waals surface area contributed by atoms with Gasteiger partial charge in [0.05, 0.1) is 11.0 Å². The van der Waals surface area contributed by atoms with Crippen molar-refractivity contribution in [1.82, 2.24) is 4.57 Å². The summed E-state index contributed by atoms with van der Waals surface area (Å²) in [4.78, 5) is 2.31. The van der Waals surface area contributed by atoms with Gasteiger partial charge in [0.2, 0.25) is 0 Å². The quantitative estimate of drug-likeness (QED) is 0.162. The molecule has 0 spiro atoms. The van der Waals surface area contributed by atoms with Crippen LogP contribution in [0.3, 0.4) is 0 Å². The highest BCUT2D eigenvalue weighted by molar-refractivity contribution is 6.13. The fourth-order valence-electron chi connectivity index (χ4n) is 11.0. The molecule has 1 aromatic heterocycles. The van der Waals surface area contributed by atoms with E-state index < -0.39 is 0 Å². The van der Waals surface area contributed by atoms with E-state index in [0.717, 1.165) is 23.5 Å². The highest BCUT2D eigenvalue weighted by Crippen LogP contribution is 2.54. The SMILES string of the molecule is CC1(C)C2=C(CC=CC=C2)c2cc3c4cc5c(cc4n(-c4cccc(-c6cccc(-c7ccc(N(c8ccccc8)c8ccccc8)cc7)c6)c4)c3cc21)C(C)(C)c1ccccc1-5. The van der Waals surface area contributed by atoms with Crippen LogP contribution in [0.25, 0.3) is 66.4 Å². The van der Waals surface area contributed by atoms with Gasteiger partial charge in [0.25, 0.3) is 0 Å². The Labute approximate surface area is 370 Å². The van der Waals surface area contributed by atoms with E-state index in [-0.39, 0.29) is 10.8 Å². The van der Waals surface area contributed by atoms with Crippen LogP contribution in [0.4, 0.5) is 17.1 Å². The van der Waals surface area contributed by atoms with Gasteiger partial charge in [0.1, 0.15) is 0 Å². The number of anilines is 3. The van der Waals surface area contributed by atoms with Crippen molar-refractivity contribution >= 4 is 44.4 Å².